The molecular weight excluding hydrogens is 367 g/mol. The van der Waals surface area contributed by atoms with E-state index in [1.807, 2.05) is 25.4 Å². The summed E-state index contributed by atoms with van der Waals surface area (Å²) in [6.07, 6.45) is 8.60. The number of nitrogens with zero attached hydrogens (tertiary/aromatic N) is 2. The third kappa shape index (κ3) is 6.74. The summed E-state index contributed by atoms with van der Waals surface area (Å²) in [5, 5.41) is 11.7. The van der Waals surface area contributed by atoms with Crippen molar-refractivity contribution in [3.63, 3.8) is 0 Å². The number of hydrogen-bond donors (Lipinski definition) is 2. The fourth-order valence-corrected chi connectivity index (χ4v) is 3.84. The van der Waals surface area contributed by atoms with Crippen molar-refractivity contribution in [3.05, 3.63) is 47.0 Å². The van der Waals surface area contributed by atoms with Crippen LogP contribution in [0.3, 0.4) is 0 Å². The Bertz CT molecular complexity index is 693. The molecule has 0 amide bonds. The van der Waals surface area contributed by atoms with Crippen LogP contribution in [0.15, 0.2) is 47.0 Å². The van der Waals surface area contributed by atoms with Gasteiger partial charge in [0, 0.05) is 57.0 Å². The molecule has 0 saturated heterocycles. The summed E-state index contributed by atoms with van der Waals surface area (Å²) in [7, 11) is 2.08. The molecule has 0 aromatic heterocycles. The van der Waals surface area contributed by atoms with Crippen molar-refractivity contribution in [1.82, 2.24) is 15.1 Å². The monoisotopic (exact) mass is 404 g/mol. The van der Waals surface area contributed by atoms with E-state index in [0.717, 1.165) is 38.2 Å². The van der Waals surface area contributed by atoms with Gasteiger partial charge in [-0.2, -0.15) is 0 Å². The van der Waals surface area contributed by atoms with Crippen LogP contribution in [0.4, 0.5) is 4.39 Å². The van der Waals surface area contributed by atoms with Crippen LogP contribution >= 0.6 is 0 Å². The molecular formula is C23H37FN4O. The minimum absolute atomic E-state index is 0.138. The van der Waals surface area contributed by atoms with E-state index in [1.165, 1.54) is 16.8 Å². The summed E-state index contributed by atoms with van der Waals surface area (Å²) < 4.78 is 18.7. The highest BCUT2D eigenvalue weighted by Gasteiger charge is 2.22. The molecule has 29 heavy (non-hydrogen) atoms. The highest BCUT2D eigenvalue weighted by atomic mass is 19.1. The van der Waals surface area contributed by atoms with Gasteiger partial charge in [-0.25, -0.2) is 4.39 Å². The summed E-state index contributed by atoms with van der Waals surface area (Å²) in [6.45, 7) is 11.6. The standard InChI is InChI=1S/C23H37FN4O/c1-6-29-12-11-28-10-9-22(25)21(19(28)4)15-26-14-20-13-17(2)23(27(5)16-20)8-7-18(3)24/h9-10,13,15,18-19,25-26H,6-8,11-12,14,16H2,1-5H3/b21-15-,25-22?. The van der Waals surface area contributed by atoms with E-state index in [2.05, 4.69) is 42.1 Å². The van der Waals surface area contributed by atoms with E-state index in [0.29, 0.717) is 18.7 Å². The van der Waals surface area contributed by atoms with E-state index in [9.17, 15) is 4.39 Å². The molecule has 6 heteroatoms. The molecule has 2 rings (SSSR count). The Morgan fingerprint density at radius 1 is 1.45 bits per heavy atom. The lowest BCUT2D eigenvalue weighted by molar-refractivity contribution is 0.122. The molecule has 2 unspecified atom stereocenters. The van der Waals surface area contributed by atoms with Crippen LogP contribution in [0.25, 0.3) is 0 Å². The summed E-state index contributed by atoms with van der Waals surface area (Å²) in [5.41, 5.74) is 5.27. The first-order valence-corrected chi connectivity index (χ1v) is 10.6. The second kappa shape index (κ2) is 11.2. The fourth-order valence-electron chi connectivity index (χ4n) is 3.84. The van der Waals surface area contributed by atoms with Crippen molar-refractivity contribution in [3.8, 4) is 0 Å². The van der Waals surface area contributed by atoms with Crippen LogP contribution in [0.2, 0.25) is 0 Å². The molecule has 0 radical (unpaired) electrons. The Labute approximate surface area is 175 Å². The summed E-state index contributed by atoms with van der Waals surface area (Å²) in [5.74, 6) is 0. The second-order valence-electron chi connectivity index (χ2n) is 7.93. The van der Waals surface area contributed by atoms with Crippen molar-refractivity contribution in [1.29, 1.82) is 5.41 Å². The van der Waals surface area contributed by atoms with Crippen LogP contribution in [-0.4, -0.2) is 67.6 Å². The van der Waals surface area contributed by atoms with Crippen molar-refractivity contribution in [2.24, 2.45) is 0 Å². The third-order valence-electron chi connectivity index (χ3n) is 5.53. The van der Waals surface area contributed by atoms with Crippen LogP contribution < -0.4 is 5.32 Å². The zero-order chi connectivity index (χ0) is 21.4. The van der Waals surface area contributed by atoms with Gasteiger partial charge in [-0.15, -0.1) is 0 Å². The Morgan fingerprint density at radius 3 is 2.86 bits per heavy atom. The summed E-state index contributed by atoms with van der Waals surface area (Å²) in [4.78, 5) is 4.44. The van der Waals surface area contributed by atoms with Gasteiger partial charge in [0.15, 0.2) is 0 Å². The minimum Gasteiger partial charge on any atom is -0.387 e. The molecule has 0 spiro atoms. The normalized spacial score (nSPS) is 22.4. The van der Waals surface area contributed by atoms with E-state index in [1.54, 1.807) is 6.92 Å². The van der Waals surface area contributed by atoms with Crippen molar-refractivity contribution in [2.45, 2.75) is 52.8 Å². The fraction of sp³-hybridized carbons (Fsp3) is 0.609. The van der Waals surface area contributed by atoms with Gasteiger partial charge >= 0.3 is 0 Å². The molecule has 0 saturated carbocycles. The van der Waals surface area contributed by atoms with Gasteiger partial charge < -0.3 is 25.3 Å². The molecule has 2 heterocycles. The van der Waals surface area contributed by atoms with E-state index >= 15 is 0 Å². The van der Waals surface area contributed by atoms with Crippen molar-refractivity contribution in [2.75, 3.05) is 39.9 Å². The molecule has 2 aliphatic heterocycles. The largest absolute Gasteiger partial charge is 0.387 e. The van der Waals surface area contributed by atoms with Crippen LogP contribution in [0.1, 0.15) is 40.5 Å². The Morgan fingerprint density at radius 2 is 2.21 bits per heavy atom. The lowest BCUT2D eigenvalue weighted by Crippen LogP contribution is -2.38. The Kier molecular flexibility index (Phi) is 8.96. The van der Waals surface area contributed by atoms with Crippen LogP contribution in [0.5, 0.6) is 0 Å². The minimum atomic E-state index is -0.766. The molecule has 0 fully saturated rings. The SMILES string of the molecule is CCOCCN1C=CC(=N)/C(=C\NCC2=CC(C)=C(CCC(C)F)N(C)C2)C1C. The summed E-state index contributed by atoms with van der Waals surface area (Å²) in [6, 6.07) is 0.138. The number of likely N-dealkylation sites (N-methyl/N-ethyl adjacent to an activating group) is 1. The molecule has 2 atom stereocenters. The van der Waals surface area contributed by atoms with Gasteiger partial charge in [-0.05, 0) is 57.8 Å². The lowest BCUT2D eigenvalue weighted by Gasteiger charge is -2.33. The lowest BCUT2D eigenvalue weighted by atomic mass is 9.99. The van der Waals surface area contributed by atoms with Crippen LogP contribution in [0, 0.1) is 5.41 Å². The molecule has 0 aromatic rings. The second-order valence-corrected chi connectivity index (χ2v) is 7.93. The zero-order valence-corrected chi connectivity index (χ0v) is 18.6. The highest BCUT2D eigenvalue weighted by molar-refractivity contribution is 6.07. The number of alkyl halides is 1. The highest BCUT2D eigenvalue weighted by Crippen LogP contribution is 2.24. The van der Waals surface area contributed by atoms with Crippen LogP contribution in [-0.2, 0) is 4.74 Å². The predicted octanol–water partition coefficient (Wildman–Crippen LogP) is 4.02. The number of hydrogen-bond acceptors (Lipinski definition) is 5. The van der Waals surface area contributed by atoms with Crippen molar-refractivity contribution >= 4 is 5.71 Å². The number of allylic oxidation sites excluding steroid dienone is 4. The molecule has 5 nitrogen and oxygen atoms in total. The maximum Gasteiger partial charge on any atom is 0.0977 e. The maximum absolute atomic E-state index is 13.2. The average Bonchev–Trinajstić information content (AvgIpc) is 2.65. The van der Waals surface area contributed by atoms with Gasteiger partial charge in [-0.3, -0.25) is 0 Å². The quantitative estimate of drug-likeness (QED) is 0.540. The zero-order valence-electron chi connectivity index (χ0n) is 18.6. The Hall–Kier alpha value is -2.08. The van der Waals surface area contributed by atoms with E-state index < -0.39 is 6.17 Å². The number of nitrogens with one attached hydrogen (secondary N) is 2. The molecule has 2 N–H and O–H groups in total. The first kappa shape index (κ1) is 23.2. The van der Waals surface area contributed by atoms with Gasteiger partial charge in [0.2, 0.25) is 0 Å². The average molecular weight is 405 g/mol. The maximum atomic E-state index is 13.2. The van der Waals surface area contributed by atoms with Gasteiger partial charge in [0.25, 0.3) is 0 Å². The molecule has 0 aromatic carbocycles. The molecule has 0 aliphatic carbocycles. The van der Waals surface area contributed by atoms with E-state index in [-0.39, 0.29) is 6.04 Å². The van der Waals surface area contributed by atoms with E-state index in [4.69, 9.17) is 10.1 Å². The topological polar surface area (TPSA) is 51.6 Å². The Balaban J connectivity index is 1.97. The van der Waals surface area contributed by atoms with Gasteiger partial charge in [0.05, 0.1) is 24.5 Å². The first-order chi connectivity index (χ1) is 13.8. The molecule has 162 valence electrons. The number of ether oxygens (including phenoxy) is 1. The summed E-state index contributed by atoms with van der Waals surface area (Å²) >= 11 is 0. The first-order valence-electron chi connectivity index (χ1n) is 10.6. The smallest absolute Gasteiger partial charge is 0.0977 e. The van der Waals surface area contributed by atoms with Crippen molar-refractivity contribution < 1.29 is 9.13 Å². The predicted molar refractivity (Wildman–Crippen MR) is 119 cm³/mol. The molecule has 2 aliphatic rings. The third-order valence-corrected chi connectivity index (χ3v) is 5.53. The van der Waals surface area contributed by atoms with Gasteiger partial charge in [-0.1, -0.05) is 6.08 Å². The number of rotatable bonds is 10. The van der Waals surface area contributed by atoms with Gasteiger partial charge in [0.1, 0.15) is 0 Å². The number of halogens is 1. The molecule has 0 bridgehead atoms.